The van der Waals surface area contributed by atoms with Crippen molar-refractivity contribution in [1.82, 2.24) is 9.88 Å². The Morgan fingerprint density at radius 3 is 2.68 bits per heavy atom. The Morgan fingerprint density at radius 2 is 2.09 bits per heavy atom. The zero-order valence-corrected chi connectivity index (χ0v) is 12.9. The summed E-state index contributed by atoms with van der Waals surface area (Å²) < 4.78 is 44.2. The fourth-order valence-electron chi connectivity index (χ4n) is 2.18. The molecule has 1 fully saturated rings. The molecule has 1 aliphatic rings. The van der Waals surface area contributed by atoms with Gasteiger partial charge in [-0.15, -0.1) is 11.8 Å². The topological polar surface area (TPSA) is 49.2 Å². The van der Waals surface area contributed by atoms with Gasteiger partial charge in [0.25, 0.3) is 0 Å². The van der Waals surface area contributed by atoms with Gasteiger partial charge in [-0.25, -0.2) is 4.98 Å². The van der Waals surface area contributed by atoms with Crippen molar-refractivity contribution < 1.29 is 17.9 Å². The summed E-state index contributed by atoms with van der Waals surface area (Å²) in [5.41, 5.74) is -1.03. The van der Waals surface area contributed by atoms with Gasteiger partial charge < -0.3 is 4.74 Å². The van der Waals surface area contributed by atoms with Crippen LogP contribution < -0.4 is 0 Å². The molecule has 1 aromatic rings. The Hall–Kier alpha value is -1.30. The summed E-state index contributed by atoms with van der Waals surface area (Å²) in [4.78, 5) is 6.28. The summed E-state index contributed by atoms with van der Waals surface area (Å²) in [7, 11) is 0. The Bertz CT molecular complexity index is 566. The van der Waals surface area contributed by atoms with Gasteiger partial charge in [0.1, 0.15) is 11.1 Å². The zero-order chi connectivity index (χ0) is 16.2. The van der Waals surface area contributed by atoms with Crippen molar-refractivity contribution in [2.45, 2.75) is 18.1 Å². The van der Waals surface area contributed by atoms with Crippen LogP contribution in [0.2, 0.25) is 0 Å². The van der Waals surface area contributed by atoms with E-state index < -0.39 is 11.7 Å². The first-order valence-electron chi connectivity index (χ1n) is 6.83. The number of aromatic nitrogens is 1. The summed E-state index contributed by atoms with van der Waals surface area (Å²) in [5, 5.41) is 9.23. The molecule has 0 amide bonds. The normalized spacial score (nSPS) is 16.5. The van der Waals surface area contributed by atoms with E-state index in [1.165, 1.54) is 18.7 Å². The Labute approximate surface area is 131 Å². The molecule has 0 atom stereocenters. The summed E-state index contributed by atoms with van der Waals surface area (Å²) in [6, 6.07) is 2.57. The average Bonchev–Trinajstić information content (AvgIpc) is 2.47. The highest BCUT2D eigenvalue weighted by Crippen LogP contribution is 2.35. The largest absolute Gasteiger partial charge is 0.417 e. The molecule has 0 aliphatic carbocycles. The minimum absolute atomic E-state index is 0.156. The molecule has 2 rings (SSSR count). The van der Waals surface area contributed by atoms with E-state index in [4.69, 9.17) is 10.00 Å². The molecule has 0 bridgehead atoms. The minimum Gasteiger partial charge on any atom is -0.379 e. The van der Waals surface area contributed by atoms with Crippen LogP contribution in [0.3, 0.4) is 0 Å². The SMILES string of the molecule is Cc1cc(C(F)(F)F)c(C#N)c(SCCN2CCOCC2)n1. The van der Waals surface area contributed by atoms with Gasteiger partial charge in [-0.05, 0) is 13.0 Å². The molecular formula is C14H16F3N3OS. The van der Waals surface area contributed by atoms with Crippen molar-refractivity contribution in [2.24, 2.45) is 0 Å². The first-order chi connectivity index (χ1) is 10.4. The first kappa shape index (κ1) is 17.1. The van der Waals surface area contributed by atoms with Crippen LogP contribution in [-0.2, 0) is 10.9 Å². The average molecular weight is 331 g/mol. The molecule has 22 heavy (non-hydrogen) atoms. The number of rotatable bonds is 4. The van der Waals surface area contributed by atoms with Crippen molar-refractivity contribution in [3.05, 3.63) is 22.9 Å². The van der Waals surface area contributed by atoms with Crippen molar-refractivity contribution in [3.8, 4) is 6.07 Å². The zero-order valence-electron chi connectivity index (χ0n) is 12.1. The third-order valence-electron chi connectivity index (χ3n) is 3.28. The van der Waals surface area contributed by atoms with Crippen LogP contribution in [0.4, 0.5) is 13.2 Å². The maximum atomic E-state index is 13.0. The van der Waals surface area contributed by atoms with Crippen LogP contribution in [0.15, 0.2) is 11.1 Å². The monoisotopic (exact) mass is 331 g/mol. The second-order valence-electron chi connectivity index (χ2n) is 4.90. The first-order valence-corrected chi connectivity index (χ1v) is 7.82. The molecule has 0 unspecified atom stereocenters. The number of aryl methyl sites for hydroxylation is 1. The van der Waals surface area contributed by atoms with Crippen molar-refractivity contribution in [2.75, 3.05) is 38.6 Å². The third kappa shape index (κ3) is 4.35. The van der Waals surface area contributed by atoms with Crippen LogP contribution in [-0.4, -0.2) is 48.5 Å². The molecule has 1 saturated heterocycles. The van der Waals surface area contributed by atoms with E-state index >= 15 is 0 Å². The highest BCUT2D eigenvalue weighted by molar-refractivity contribution is 7.99. The number of alkyl halides is 3. The highest BCUT2D eigenvalue weighted by atomic mass is 32.2. The standard InChI is InChI=1S/C14H16F3N3OS/c1-10-8-12(14(15,16)17)11(9-18)13(19-10)22-7-4-20-2-5-21-6-3-20/h8H,2-7H2,1H3. The van der Waals surface area contributed by atoms with E-state index in [2.05, 4.69) is 9.88 Å². The Kier molecular flexibility index (Phi) is 5.67. The lowest BCUT2D eigenvalue weighted by molar-refractivity contribution is -0.138. The molecule has 8 heteroatoms. The second kappa shape index (κ2) is 7.31. The van der Waals surface area contributed by atoms with Crippen molar-refractivity contribution in [1.29, 1.82) is 5.26 Å². The predicted molar refractivity (Wildman–Crippen MR) is 76.7 cm³/mol. The van der Waals surface area contributed by atoms with Gasteiger partial charge in [-0.3, -0.25) is 4.90 Å². The number of hydrogen-bond donors (Lipinski definition) is 0. The molecule has 0 N–H and O–H groups in total. The Balaban J connectivity index is 2.09. The van der Waals surface area contributed by atoms with Crippen LogP contribution in [0.25, 0.3) is 0 Å². The lowest BCUT2D eigenvalue weighted by atomic mass is 10.1. The fourth-order valence-corrected chi connectivity index (χ4v) is 3.23. The van der Waals surface area contributed by atoms with Gasteiger partial charge in [0.05, 0.1) is 24.3 Å². The minimum atomic E-state index is -4.54. The maximum Gasteiger partial charge on any atom is 0.417 e. The number of ether oxygens (including phenoxy) is 1. The van der Waals surface area contributed by atoms with Crippen LogP contribution in [0, 0.1) is 18.3 Å². The van der Waals surface area contributed by atoms with E-state index in [0.717, 1.165) is 25.7 Å². The van der Waals surface area contributed by atoms with Gasteiger partial charge in [-0.2, -0.15) is 18.4 Å². The number of hydrogen-bond acceptors (Lipinski definition) is 5. The smallest absolute Gasteiger partial charge is 0.379 e. The Morgan fingerprint density at radius 1 is 1.41 bits per heavy atom. The van der Waals surface area contributed by atoms with Crippen LogP contribution in [0.1, 0.15) is 16.8 Å². The number of nitriles is 1. The number of pyridine rings is 1. The fraction of sp³-hybridized carbons (Fsp3) is 0.571. The highest BCUT2D eigenvalue weighted by Gasteiger charge is 2.35. The maximum absolute atomic E-state index is 13.0. The summed E-state index contributed by atoms with van der Waals surface area (Å²) in [6.45, 7) is 5.23. The van der Waals surface area contributed by atoms with Gasteiger partial charge in [0.15, 0.2) is 0 Å². The van der Waals surface area contributed by atoms with Gasteiger partial charge in [0, 0.05) is 31.1 Å². The molecular weight excluding hydrogens is 315 g/mol. The van der Waals surface area contributed by atoms with Crippen molar-refractivity contribution >= 4 is 11.8 Å². The van der Waals surface area contributed by atoms with Gasteiger partial charge in [-0.1, -0.05) is 0 Å². The molecule has 4 nitrogen and oxygen atoms in total. The summed E-state index contributed by atoms with van der Waals surface area (Å²) in [5.74, 6) is 0.586. The van der Waals surface area contributed by atoms with E-state index in [1.54, 1.807) is 6.07 Å². The lowest BCUT2D eigenvalue weighted by Crippen LogP contribution is -2.37. The lowest BCUT2D eigenvalue weighted by Gasteiger charge is -2.26. The van der Waals surface area contributed by atoms with E-state index in [9.17, 15) is 13.2 Å². The molecule has 2 heterocycles. The molecule has 0 spiro atoms. The van der Waals surface area contributed by atoms with Crippen LogP contribution >= 0.6 is 11.8 Å². The molecule has 0 aromatic carbocycles. The third-order valence-corrected chi connectivity index (χ3v) is 4.24. The summed E-state index contributed by atoms with van der Waals surface area (Å²) >= 11 is 1.19. The van der Waals surface area contributed by atoms with Gasteiger partial charge in [0.2, 0.25) is 0 Å². The van der Waals surface area contributed by atoms with E-state index in [-0.39, 0.29) is 16.3 Å². The van der Waals surface area contributed by atoms with Gasteiger partial charge >= 0.3 is 6.18 Å². The molecule has 120 valence electrons. The molecule has 0 saturated carbocycles. The van der Waals surface area contributed by atoms with Crippen LogP contribution in [0.5, 0.6) is 0 Å². The second-order valence-corrected chi connectivity index (χ2v) is 5.99. The van der Waals surface area contributed by atoms with Crippen molar-refractivity contribution in [3.63, 3.8) is 0 Å². The number of halogens is 3. The molecule has 1 aromatic heterocycles. The number of morpholine rings is 1. The number of nitrogens with zero attached hydrogens (tertiary/aromatic N) is 3. The molecule has 1 aliphatic heterocycles. The quantitative estimate of drug-likeness (QED) is 0.794. The summed E-state index contributed by atoms with van der Waals surface area (Å²) in [6.07, 6.45) is -4.54. The van der Waals surface area contributed by atoms with E-state index in [1.807, 2.05) is 0 Å². The predicted octanol–water partition coefficient (Wildman–Crippen LogP) is 2.70. The molecule has 0 radical (unpaired) electrons. The van der Waals surface area contributed by atoms with E-state index in [0.29, 0.717) is 19.0 Å². The number of thioether (sulfide) groups is 1.